The molecule has 1 aliphatic carbocycles. The van der Waals surface area contributed by atoms with Crippen LogP contribution in [-0.4, -0.2) is 14.7 Å². The van der Waals surface area contributed by atoms with E-state index >= 15 is 0 Å². The molecule has 1 aliphatic rings. The van der Waals surface area contributed by atoms with Crippen LogP contribution in [0.5, 0.6) is 0 Å². The molecule has 3 heteroatoms. The molecule has 0 spiro atoms. The zero-order valence-corrected chi connectivity index (χ0v) is 12.0. The van der Waals surface area contributed by atoms with Crippen LogP contribution in [-0.2, 0) is 25.5 Å². The molecule has 0 radical (unpaired) electrons. The van der Waals surface area contributed by atoms with Gasteiger partial charge in [0, 0.05) is 25.9 Å². The normalized spacial score (nSPS) is 22.3. The predicted molar refractivity (Wildman–Crippen MR) is 79.4 cm³/mol. The summed E-state index contributed by atoms with van der Waals surface area (Å²) in [4.78, 5) is 4.36. The Morgan fingerprint density at radius 3 is 2.95 bits per heavy atom. The molecule has 3 rings (SSSR count). The van der Waals surface area contributed by atoms with E-state index in [1.807, 2.05) is 30.1 Å². The summed E-state index contributed by atoms with van der Waals surface area (Å²) in [5.74, 6) is 1.04. The van der Waals surface area contributed by atoms with Crippen LogP contribution in [0.3, 0.4) is 0 Å². The Morgan fingerprint density at radius 2 is 2.15 bits per heavy atom. The minimum absolute atomic E-state index is 0.695. The van der Waals surface area contributed by atoms with E-state index < -0.39 is 5.60 Å². The van der Waals surface area contributed by atoms with Crippen LogP contribution in [0, 0.1) is 0 Å². The Kier molecular flexibility index (Phi) is 3.62. The van der Waals surface area contributed by atoms with Crippen LogP contribution in [0.2, 0.25) is 0 Å². The molecule has 1 heterocycles. The van der Waals surface area contributed by atoms with Crippen LogP contribution < -0.4 is 0 Å². The lowest BCUT2D eigenvalue weighted by atomic mass is 9.84. The van der Waals surface area contributed by atoms with Gasteiger partial charge in [-0.3, -0.25) is 0 Å². The number of nitrogens with zero attached hydrogens (tertiary/aromatic N) is 2. The van der Waals surface area contributed by atoms with Gasteiger partial charge in [0.2, 0.25) is 0 Å². The smallest absolute Gasteiger partial charge is 0.108 e. The van der Waals surface area contributed by atoms with Crippen molar-refractivity contribution in [2.45, 2.75) is 44.1 Å². The van der Waals surface area contributed by atoms with Crippen molar-refractivity contribution >= 4 is 0 Å². The Hall–Kier alpha value is -1.61. The highest BCUT2D eigenvalue weighted by molar-refractivity contribution is 5.33. The van der Waals surface area contributed by atoms with Crippen molar-refractivity contribution in [3.8, 4) is 0 Å². The maximum absolute atomic E-state index is 11.2. The molecule has 1 aromatic heterocycles. The Morgan fingerprint density at radius 1 is 1.30 bits per heavy atom. The monoisotopic (exact) mass is 270 g/mol. The fourth-order valence-electron chi connectivity index (χ4n) is 3.28. The minimum Gasteiger partial charge on any atom is -0.385 e. The van der Waals surface area contributed by atoms with Crippen molar-refractivity contribution in [2.75, 3.05) is 0 Å². The first kappa shape index (κ1) is 13.4. The van der Waals surface area contributed by atoms with Crippen LogP contribution in [0.1, 0.15) is 42.6 Å². The molecule has 0 bridgehead atoms. The van der Waals surface area contributed by atoms with E-state index in [9.17, 15) is 5.11 Å². The summed E-state index contributed by atoms with van der Waals surface area (Å²) < 4.78 is 2.03. The average molecular weight is 270 g/mol. The molecule has 0 saturated heterocycles. The highest BCUT2D eigenvalue weighted by Crippen LogP contribution is 2.37. The van der Waals surface area contributed by atoms with Crippen LogP contribution in [0.4, 0.5) is 0 Å². The molecule has 20 heavy (non-hydrogen) atoms. The molecule has 1 unspecified atom stereocenters. The summed E-state index contributed by atoms with van der Waals surface area (Å²) >= 11 is 0. The fourth-order valence-corrected chi connectivity index (χ4v) is 3.28. The highest BCUT2D eigenvalue weighted by atomic mass is 16.3. The number of aromatic nitrogens is 2. The average Bonchev–Trinajstić information content (AvgIpc) is 2.79. The molecule has 1 aromatic carbocycles. The zero-order valence-electron chi connectivity index (χ0n) is 12.0. The van der Waals surface area contributed by atoms with Crippen molar-refractivity contribution in [2.24, 2.45) is 7.05 Å². The molecule has 1 atom stereocenters. The van der Waals surface area contributed by atoms with Crippen molar-refractivity contribution in [3.05, 3.63) is 53.6 Å². The number of rotatable bonds is 3. The summed E-state index contributed by atoms with van der Waals surface area (Å²) in [7, 11) is 2.01. The van der Waals surface area contributed by atoms with Gasteiger partial charge in [-0.25, -0.2) is 4.98 Å². The Labute approximate surface area is 120 Å². The van der Waals surface area contributed by atoms with E-state index in [-0.39, 0.29) is 0 Å². The first-order valence-electron chi connectivity index (χ1n) is 7.46. The molecular formula is C17H22N2O. The quantitative estimate of drug-likeness (QED) is 0.871. The van der Waals surface area contributed by atoms with E-state index in [1.165, 1.54) is 12.0 Å². The van der Waals surface area contributed by atoms with Crippen molar-refractivity contribution < 1.29 is 5.11 Å². The van der Waals surface area contributed by atoms with Gasteiger partial charge in [-0.15, -0.1) is 0 Å². The van der Waals surface area contributed by atoms with Gasteiger partial charge in [0.1, 0.15) is 5.82 Å². The second-order valence-corrected chi connectivity index (χ2v) is 5.85. The van der Waals surface area contributed by atoms with Gasteiger partial charge in [-0.1, -0.05) is 24.3 Å². The molecule has 0 amide bonds. The topological polar surface area (TPSA) is 38.0 Å². The van der Waals surface area contributed by atoms with E-state index in [0.29, 0.717) is 0 Å². The number of imidazole rings is 1. The first-order chi connectivity index (χ1) is 9.69. The number of hydrogen-bond acceptors (Lipinski definition) is 2. The van der Waals surface area contributed by atoms with Gasteiger partial charge in [-0.05, 0) is 43.2 Å². The van der Waals surface area contributed by atoms with Gasteiger partial charge in [0.15, 0.2) is 0 Å². The number of aliphatic hydroxyl groups is 1. The molecule has 3 nitrogen and oxygen atoms in total. The van der Waals surface area contributed by atoms with Crippen molar-refractivity contribution in [3.63, 3.8) is 0 Å². The lowest BCUT2D eigenvalue weighted by molar-refractivity contribution is 0.0176. The van der Waals surface area contributed by atoms with Gasteiger partial charge in [0.25, 0.3) is 0 Å². The molecule has 2 aromatic rings. The summed E-state index contributed by atoms with van der Waals surface area (Å²) in [6, 6.07) is 8.37. The summed E-state index contributed by atoms with van der Waals surface area (Å²) in [5.41, 5.74) is 1.75. The molecule has 0 fully saturated rings. The van der Waals surface area contributed by atoms with Gasteiger partial charge in [0.05, 0.1) is 5.60 Å². The minimum atomic E-state index is -0.695. The number of benzene rings is 1. The Bertz CT molecular complexity index is 590. The van der Waals surface area contributed by atoms with E-state index in [0.717, 1.165) is 43.5 Å². The number of hydrogen-bond donors (Lipinski definition) is 1. The number of fused-ring (bicyclic) bond motifs is 1. The standard InChI is InChI=1S/C17H22N2O/c1-19-13-12-18-16(19)9-11-17(20)10-5-4-7-14-6-2-3-8-15(14)17/h2-3,6,8,12-13,20H,4-5,7,9-11H2,1H3. The Balaban J connectivity index is 1.85. The molecule has 0 aliphatic heterocycles. The van der Waals surface area contributed by atoms with Crippen LogP contribution in [0.15, 0.2) is 36.7 Å². The zero-order chi connectivity index (χ0) is 14.0. The van der Waals surface area contributed by atoms with Gasteiger partial charge in [-0.2, -0.15) is 0 Å². The van der Waals surface area contributed by atoms with Crippen molar-refractivity contribution in [1.82, 2.24) is 9.55 Å². The maximum atomic E-state index is 11.2. The van der Waals surface area contributed by atoms with Gasteiger partial charge < -0.3 is 9.67 Å². The third-order valence-electron chi connectivity index (χ3n) is 4.49. The summed E-state index contributed by atoms with van der Waals surface area (Å²) in [6.07, 6.45) is 9.53. The fraction of sp³-hybridized carbons (Fsp3) is 0.471. The molecule has 106 valence electrons. The van der Waals surface area contributed by atoms with Gasteiger partial charge >= 0.3 is 0 Å². The van der Waals surface area contributed by atoms with Crippen LogP contribution in [0.25, 0.3) is 0 Å². The van der Waals surface area contributed by atoms with Crippen LogP contribution >= 0.6 is 0 Å². The number of aryl methyl sites for hydroxylation is 3. The predicted octanol–water partition coefficient (Wildman–Crippen LogP) is 2.97. The largest absolute Gasteiger partial charge is 0.385 e. The second-order valence-electron chi connectivity index (χ2n) is 5.85. The molecule has 0 saturated carbocycles. The lowest BCUT2D eigenvalue weighted by Gasteiger charge is -2.29. The first-order valence-corrected chi connectivity index (χ1v) is 7.46. The third-order valence-corrected chi connectivity index (χ3v) is 4.49. The van der Waals surface area contributed by atoms with E-state index in [4.69, 9.17) is 0 Å². The van der Waals surface area contributed by atoms with E-state index in [1.54, 1.807) is 0 Å². The summed E-state index contributed by atoms with van der Waals surface area (Å²) in [5, 5.41) is 11.2. The SMILES string of the molecule is Cn1ccnc1CCC1(O)CCCCc2ccccc21. The third kappa shape index (κ3) is 2.50. The molecular weight excluding hydrogens is 248 g/mol. The molecule has 1 N–H and O–H groups in total. The lowest BCUT2D eigenvalue weighted by Crippen LogP contribution is -2.27. The van der Waals surface area contributed by atoms with E-state index in [2.05, 4.69) is 23.2 Å². The summed E-state index contributed by atoms with van der Waals surface area (Å²) in [6.45, 7) is 0. The maximum Gasteiger partial charge on any atom is 0.108 e. The second kappa shape index (κ2) is 5.41. The van der Waals surface area contributed by atoms with Crippen molar-refractivity contribution in [1.29, 1.82) is 0 Å². The highest BCUT2D eigenvalue weighted by Gasteiger charge is 2.32.